The van der Waals surface area contributed by atoms with Crippen molar-refractivity contribution in [1.82, 2.24) is 10.3 Å². The van der Waals surface area contributed by atoms with Crippen LogP contribution >= 0.6 is 35.2 Å². The highest BCUT2D eigenvalue weighted by Gasteiger charge is 2.14. The van der Waals surface area contributed by atoms with Gasteiger partial charge in [0, 0.05) is 11.4 Å². The summed E-state index contributed by atoms with van der Waals surface area (Å²) >= 11 is 12.5. The Morgan fingerprint density at radius 1 is 1.47 bits per heavy atom. The predicted octanol–water partition coefficient (Wildman–Crippen LogP) is 3.50. The fraction of sp³-hybridized carbons (Fsp3) is 0.636. The minimum atomic E-state index is 0.445. The molecule has 0 unspecified atom stereocenters. The van der Waals surface area contributed by atoms with Crippen LogP contribution in [0.5, 0.6) is 0 Å². The second-order valence-corrected chi connectivity index (χ2v) is 5.74. The Kier molecular flexibility index (Phi) is 5.00. The van der Waals surface area contributed by atoms with Crippen LogP contribution in [0.15, 0.2) is 5.38 Å². The number of rotatable bonds is 3. The van der Waals surface area contributed by atoms with E-state index in [0.717, 1.165) is 10.8 Å². The van der Waals surface area contributed by atoms with Crippen molar-refractivity contribution < 1.29 is 0 Å². The highest BCUT2D eigenvalue weighted by molar-refractivity contribution is 7.80. The Bertz CT molecular complexity index is 375. The normalized spacial score (nSPS) is 16.8. The maximum Gasteiger partial charge on any atom is 0.189 e. The molecule has 0 aliphatic heterocycles. The molecule has 17 heavy (non-hydrogen) atoms. The standard InChI is InChI=1S/C11H16ClN3S2/c12-6-9-7-17-11(14-9)15-10(16)13-8-4-2-1-3-5-8/h7-8H,1-6H2,(H2,13,14,15,16). The lowest BCUT2D eigenvalue weighted by molar-refractivity contribution is 0.415. The van der Waals surface area contributed by atoms with Crippen molar-refractivity contribution in [3.8, 4) is 0 Å². The van der Waals surface area contributed by atoms with Gasteiger partial charge in [-0.1, -0.05) is 19.3 Å². The lowest BCUT2D eigenvalue weighted by atomic mass is 9.96. The average molecular weight is 290 g/mol. The number of hydrogen-bond acceptors (Lipinski definition) is 3. The van der Waals surface area contributed by atoms with Gasteiger partial charge in [0.1, 0.15) is 0 Å². The van der Waals surface area contributed by atoms with Crippen molar-refractivity contribution in [3.63, 3.8) is 0 Å². The maximum atomic E-state index is 5.70. The molecule has 0 saturated heterocycles. The van der Waals surface area contributed by atoms with E-state index >= 15 is 0 Å². The quantitative estimate of drug-likeness (QED) is 0.660. The van der Waals surface area contributed by atoms with Crippen molar-refractivity contribution in [2.75, 3.05) is 5.32 Å². The van der Waals surface area contributed by atoms with E-state index in [-0.39, 0.29) is 0 Å². The molecule has 1 fully saturated rings. The number of anilines is 1. The summed E-state index contributed by atoms with van der Waals surface area (Å²) in [7, 11) is 0. The fourth-order valence-electron chi connectivity index (χ4n) is 1.99. The van der Waals surface area contributed by atoms with Crippen LogP contribution in [-0.2, 0) is 5.88 Å². The van der Waals surface area contributed by atoms with Crippen LogP contribution in [0, 0.1) is 0 Å². The van der Waals surface area contributed by atoms with Crippen molar-refractivity contribution in [2.24, 2.45) is 0 Å². The van der Waals surface area contributed by atoms with E-state index in [2.05, 4.69) is 15.6 Å². The summed E-state index contributed by atoms with van der Waals surface area (Å²) in [5.41, 5.74) is 0.889. The first-order valence-electron chi connectivity index (χ1n) is 5.86. The fourth-order valence-corrected chi connectivity index (χ4v) is 3.26. The third kappa shape index (κ3) is 4.08. The highest BCUT2D eigenvalue weighted by Crippen LogP contribution is 2.19. The van der Waals surface area contributed by atoms with E-state index in [1.807, 2.05) is 5.38 Å². The Labute approximate surface area is 116 Å². The van der Waals surface area contributed by atoms with E-state index in [4.69, 9.17) is 23.8 Å². The average Bonchev–Trinajstić information content (AvgIpc) is 2.78. The zero-order chi connectivity index (χ0) is 12.1. The molecule has 94 valence electrons. The molecule has 6 heteroatoms. The molecule has 3 nitrogen and oxygen atoms in total. The molecule has 0 aromatic carbocycles. The minimum absolute atomic E-state index is 0.445. The highest BCUT2D eigenvalue weighted by atomic mass is 35.5. The Balaban J connectivity index is 1.79. The SMILES string of the molecule is S=C(Nc1nc(CCl)cs1)NC1CCCCC1. The van der Waals surface area contributed by atoms with Gasteiger partial charge in [-0.25, -0.2) is 4.98 Å². The largest absolute Gasteiger partial charge is 0.360 e. The molecule has 2 rings (SSSR count). The monoisotopic (exact) mass is 289 g/mol. The minimum Gasteiger partial charge on any atom is -0.360 e. The predicted molar refractivity (Wildman–Crippen MR) is 77.9 cm³/mol. The second kappa shape index (κ2) is 6.52. The molecule has 0 amide bonds. The van der Waals surface area contributed by atoms with Crippen LogP contribution in [0.3, 0.4) is 0 Å². The van der Waals surface area contributed by atoms with E-state index in [1.54, 1.807) is 0 Å². The molecule has 0 bridgehead atoms. The van der Waals surface area contributed by atoms with Gasteiger partial charge in [0.05, 0.1) is 11.6 Å². The van der Waals surface area contributed by atoms with Gasteiger partial charge < -0.3 is 10.6 Å². The van der Waals surface area contributed by atoms with E-state index in [9.17, 15) is 0 Å². The topological polar surface area (TPSA) is 37.0 Å². The van der Waals surface area contributed by atoms with Gasteiger partial charge in [-0.2, -0.15) is 0 Å². The smallest absolute Gasteiger partial charge is 0.189 e. The van der Waals surface area contributed by atoms with Gasteiger partial charge in [0.15, 0.2) is 10.2 Å². The maximum absolute atomic E-state index is 5.70. The van der Waals surface area contributed by atoms with Crippen molar-refractivity contribution >= 4 is 45.4 Å². The van der Waals surface area contributed by atoms with E-state index < -0.39 is 0 Å². The molecule has 0 atom stereocenters. The van der Waals surface area contributed by atoms with Crippen LogP contribution in [0.4, 0.5) is 5.13 Å². The van der Waals surface area contributed by atoms with E-state index in [0.29, 0.717) is 17.0 Å². The van der Waals surface area contributed by atoms with E-state index in [1.165, 1.54) is 43.4 Å². The lowest BCUT2D eigenvalue weighted by Gasteiger charge is -2.23. The summed E-state index contributed by atoms with van der Waals surface area (Å²) in [6.45, 7) is 0. The number of nitrogens with zero attached hydrogens (tertiary/aromatic N) is 1. The first kappa shape index (κ1) is 13.1. The molecule has 1 aromatic rings. The van der Waals surface area contributed by atoms with Crippen LogP contribution in [0.25, 0.3) is 0 Å². The number of aromatic nitrogens is 1. The first-order valence-corrected chi connectivity index (χ1v) is 7.68. The molecular weight excluding hydrogens is 274 g/mol. The molecule has 2 N–H and O–H groups in total. The molecular formula is C11H16ClN3S2. The number of alkyl halides is 1. The summed E-state index contributed by atoms with van der Waals surface area (Å²) < 4.78 is 0. The van der Waals surface area contributed by atoms with Gasteiger partial charge in [0.2, 0.25) is 0 Å². The summed E-state index contributed by atoms with van der Waals surface area (Å²) in [4.78, 5) is 4.31. The number of nitrogens with one attached hydrogen (secondary N) is 2. The molecule has 0 spiro atoms. The van der Waals surface area contributed by atoms with Gasteiger partial charge >= 0.3 is 0 Å². The summed E-state index contributed by atoms with van der Waals surface area (Å²) in [6.07, 6.45) is 6.38. The second-order valence-electron chi connectivity index (χ2n) is 4.21. The zero-order valence-electron chi connectivity index (χ0n) is 9.54. The zero-order valence-corrected chi connectivity index (χ0v) is 11.9. The lowest BCUT2D eigenvalue weighted by Crippen LogP contribution is -2.38. The van der Waals surface area contributed by atoms with Crippen molar-refractivity contribution in [3.05, 3.63) is 11.1 Å². The third-order valence-electron chi connectivity index (χ3n) is 2.85. The Hall–Kier alpha value is -0.390. The first-order chi connectivity index (χ1) is 8.28. The van der Waals surface area contributed by atoms with Gasteiger partial charge in [-0.3, -0.25) is 0 Å². The third-order valence-corrected chi connectivity index (χ3v) is 4.15. The van der Waals surface area contributed by atoms with Crippen LogP contribution in [0.1, 0.15) is 37.8 Å². The summed E-state index contributed by atoms with van der Waals surface area (Å²) in [5, 5.41) is 9.89. The Morgan fingerprint density at radius 3 is 2.88 bits per heavy atom. The summed E-state index contributed by atoms with van der Waals surface area (Å²) in [6, 6.07) is 0.524. The van der Waals surface area contributed by atoms with Crippen LogP contribution in [0.2, 0.25) is 0 Å². The van der Waals surface area contributed by atoms with Crippen LogP contribution in [-0.4, -0.2) is 16.1 Å². The molecule has 1 aliphatic rings. The molecule has 1 heterocycles. The molecule has 1 aromatic heterocycles. The van der Waals surface area contributed by atoms with Crippen molar-refractivity contribution in [1.29, 1.82) is 0 Å². The van der Waals surface area contributed by atoms with Gasteiger partial charge in [-0.15, -0.1) is 22.9 Å². The molecule has 1 saturated carbocycles. The van der Waals surface area contributed by atoms with Gasteiger partial charge in [0.25, 0.3) is 0 Å². The summed E-state index contributed by atoms with van der Waals surface area (Å²) in [5.74, 6) is 0.445. The van der Waals surface area contributed by atoms with Crippen molar-refractivity contribution in [2.45, 2.75) is 44.0 Å². The van der Waals surface area contributed by atoms with Crippen LogP contribution < -0.4 is 10.6 Å². The number of thiazole rings is 1. The number of hydrogen-bond donors (Lipinski definition) is 2. The number of thiocarbonyl (C=S) groups is 1. The molecule has 1 aliphatic carbocycles. The van der Waals surface area contributed by atoms with Gasteiger partial charge in [-0.05, 0) is 25.1 Å². The Morgan fingerprint density at radius 2 is 2.24 bits per heavy atom. The number of halogens is 1. The molecule has 0 radical (unpaired) electrons.